The molecule has 2 N–H and O–H groups in total. The molecule has 0 unspecified atom stereocenters. The van der Waals surface area contributed by atoms with Gasteiger partial charge in [0.25, 0.3) is 0 Å². The molecule has 132 valence electrons. The van der Waals surface area contributed by atoms with E-state index in [0.717, 1.165) is 42.8 Å². The van der Waals surface area contributed by atoms with Gasteiger partial charge in [-0.15, -0.1) is 0 Å². The predicted molar refractivity (Wildman–Crippen MR) is 94.8 cm³/mol. The van der Waals surface area contributed by atoms with Gasteiger partial charge in [-0.3, -0.25) is 14.7 Å². The van der Waals surface area contributed by atoms with Gasteiger partial charge in [0.1, 0.15) is 4.88 Å². The highest BCUT2D eigenvalue weighted by Crippen LogP contribution is 2.29. The highest BCUT2D eigenvalue weighted by Gasteiger charge is 2.27. The fraction of sp³-hybridized carbons (Fsp3) is 0.412. The lowest BCUT2D eigenvalue weighted by Crippen LogP contribution is -2.39. The Kier molecular flexibility index (Phi) is 5.40. The number of nitrogens with zero attached hydrogens (tertiary/aromatic N) is 3. The number of nitrogens with one attached hydrogen (secondary N) is 1. The summed E-state index contributed by atoms with van der Waals surface area (Å²) in [6.45, 7) is 2.70. The van der Waals surface area contributed by atoms with Crippen LogP contribution in [0.4, 0.5) is 5.13 Å². The maximum atomic E-state index is 12.4. The van der Waals surface area contributed by atoms with Crippen LogP contribution in [0.3, 0.4) is 0 Å². The lowest BCUT2D eigenvalue weighted by molar-refractivity contribution is -0.118. The van der Waals surface area contributed by atoms with Gasteiger partial charge in [-0.1, -0.05) is 23.8 Å². The van der Waals surface area contributed by atoms with E-state index in [0.29, 0.717) is 10.8 Å². The topological polar surface area (TPSA) is 95.4 Å². The van der Waals surface area contributed by atoms with Gasteiger partial charge in [0.2, 0.25) is 5.91 Å². The molecule has 8 heteroatoms. The molecular weight excluding hydrogens is 340 g/mol. The Bertz CT molecular complexity index is 763. The van der Waals surface area contributed by atoms with Crippen LogP contribution in [0.15, 0.2) is 24.4 Å². The Labute approximate surface area is 149 Å². The molecule has 0 aliphatic carbocycles. The lowest BCUT2D eigenvalue weighted by atomic mass is 9.99. The Morgan fingerprint density at radius 2 is 2.24 bits per heavy atom. The molecule has 7 nitrogen and oxygen atoms in total. The average molecular weight is 360 g/mol. The van der Waals surface area contributed by atoms with Crippen LogP contribution in [0, 0.1) is 6.92 Å². The van der Waals surface area contributed by atoms with Crippen LogP contribution in [0.1, 0.15) is 46.4 Å². The Morgan fingerprint density at radius 1 is 1.40 bits per heavy atom. The highest BCUT2D eigenvalue weighted by molar-refractivity contribution is 7.17. The van der Waals surface area contributed by atoms with Gasteiger partial charge in [0.15, 0.2) is 5.13 Å². The number of carbonyl (C=O) groups is 2. The van der Waals surface area contributed by atoms with Crippen LogP contribution < -0.4 is 5.32 Å². The highest BCUT2D eigenvalue weighted by atomic mass is 32.1. The third-order valence-electron chi connectivity index (χ3n) is 4.23. The molecule has 2 aromatic heterocycles. The van der Waals surface area contributed by atoms with Crippen LogP contribution in [0.25, 0.3) is 0 Å². The summed E-state index contributed by atoms with van der Waals surface area (Å²) in [5.74, 6) is -1.21. The molecule has 0 spiro atoms. The summed E-state index contributed by atoms with van der Waals surface area (Å²) in [7, 11) is 0. The largest absolute Gasteiger partial charge is 0.477 e. The molecule has 1 saturated heterocycles. The van der Waals surface area contributed by atoms with Crippen molar-refractivity contribution in [2.45, 2.75) is 32.2 Å². The quantitative estimate of drug-likeness (QED) is 0.851. The van der Waals surface area contributed by atoms with Crippen LogP contribution in [-0.2, 0) is 4.79 Å². The molecule has 3 heterocycles. The molecule has 0 saturated carbocycles. The Morgan fingerprint density at radius 3 is 2.92 bits per heavy atom. The van der Waals surface area contributed by atoms with Gasteiger partial charge in [0, 0.05) is 6.20 Å². The van der Waals surface area contributed by atoms with E-state index in [1.807, 2.05) is 18.2 Å². The fourth-order valence-corrected chi connectivity index (χ4v) is 3.90. The molecule has 0 bridgehead atoms. The van der Waals surface area contributed by atoms with Gasteiger partial charge < -0.3 is 10.4 Å². The number of aromatic nitrogens is 2. The summed E-state index contributed by atoms with van der Waals surface area (Å²) in [5, 5.41) is 12.1. The van der Waals surface area contributed by atoms with E-state index in [2.05, 4.69) is 20.2 Å². The average Bonchev–Trinajstić information content (AvgIpc) is 2.96. The second-order valence-corrected chi connectivity index (χ2v) is 7.02. The number of rotatable bonds is 5. The van der Waals surface area contributed by atoms with Crippen molar-refractivity contribution in [3.05, 3.63) is 40.7 Å². The number of aromatic carboxylic acids is 1. The van der Waals surface area contributed by atoms with Crippen molar-refractivity contribution in [1.82, 2.24) is 14.9 Å². The van der Waals surface area contributed by atoms with Crippen molar-refractivity contribution in [2.75, 3.05) is 18.4 Å². The molecule has 1 aliphatic heterocycles. The van der Waals surface area contributed by atoms with Crippen molar-refractivity contribution in [3.63, 3.8) is 0 Å². The molecular formula is C17H20N4O3S. The first-order valence-corrected chi connectivity index (χ1v) is 9.02. The molecule has 3 rings (SSSR count). The number of anilines is 1. The minimum Gasteiger partial charge on any atom is -0.477 e. The summed E-state index contributed by atoms with van der Waals surface area (Å²) < 4.78 is 0. The van der Waals surface area contributed by atoms with Crippen molar-refractivity contribution < 1.29 is 14.7 Å². The number of aryl methyl sites for hydroxylation is 1. The number of carboxylic acids is 1. The first-order chi connectivity index (χ1) is 12.0. The Hall–Kier alpha value is -2.32. The van der Waals surface area contributed by atoms with E-state index in [1.165, 1.54) is 0 Å². The number of carboxylic acid groups (broad SMARTS) is 1. The van der Waals surface area contributed by atoms with Crippen LogP contribution >= 0.6 is 11.3 Å². The van der Waals surface area contributed by atoms with E-state index >= 15 is 0 Å². The maximum Gasteiger partial charge on any atom is 0.347 e. The smallest absolute Gasteiger partial charge is 0.347 e. The Balaban J connectivity index is 1.66. The second kappa shape index (κ2) is 7.71. The molecule has 1 amide bonds. The summed E-state index contributed by atoms with van der Waals surface area (Å²) in [6, 6.07) is 5.97. The number of piperidine rings is 1. The molecule has 1 atom stereocenters. The number of amides is 1. The zero-order chi connectivity index (χ0) is 17.8. The van der Waals surface area contributed by atoms with E-state index in [1.54, 1.807) is 13.1 Å². The predicted octanol–water partition coefficient (Wildman–Crippen LogP) is 2.71. The number of thiazole rings is 1. The third kappa shape index (κ3) is 4.21. The molecule has 25 heavy (non-hydrogen) atoms. The van der Waals surface area contributed by atoms with Gasteiger partial charge >= 0.3 is 5.97 Å². The van der Waals surface area contributed by atoms with Crippen LogP contribution in [0.2, 0.25) is 0 Å². The fourth-order valence-electron chi connectivity index (χ4n) is 3.08. The number of hydrogen-bond acceptors (Lipinski definition) is 6. The third-order valence-corrected chi connectivity index (χ3v) is 5.29. The molecule has 2 aromatic rings. The zero-order valence-electron chi connectivity index (χ0n) is 13.9. The number of likely N-dealkylation sites (tertiary alicyclic amines) is 1. The minimum absolute atomic E-state index is 0.133. The van der Waals surface area contributed by atoms with E-state index in [9.17, 15) is 9.59 Å². The second-order valence-electron chi connectivity index (χ2n) is 6.02. The summed E-state index contributed by atoms with van der Waals surface area (Å²) in [4.78, 5) is 34.3. The van der Waals surface area contributed by atoms with E-state index in [4.69, 9.17) is 5.11 Å². The van der Waals surface area contributed by atoms with Crippen molar-refractivity contribution in [3.8, 4) is 0 Å². The van der Waals surface area contributed by atoms with Gasteiger partial charge in [-0.2, -0.15) is 0 Å². The molecule has 1 aliphatic rings. The van der Waals surface area contributed by atoms with Crippen molar-refractivity contribution in [1.29, 1.82) is 0 Å². The first kappa shape index (κ1) is 17.5. The standard InChI is InChI=1S/C17H20N4O3S/c1-11-15(16(23)24)25-17(19-11)20-14(22)10-21-9-5-3-7-13(21)12-6-2-4-8-18-12/h2,4,6,8,13H,3,5,7,9-10H2,1H3,(H,23,24)(H,19,20,22)/t13-/m0/s1. The van der Waals surface area contributed by atoms with Crippen molar-refractivity contribution in [2.24, 2.45) is 0 Å². The van der Waals surface area contributed by atoms with Crippen molar-refractivity contribution >= 4 is 28.3 Å². The van der Waals surface area contributed by atoms with Crippen LogP contribution in [-0.4, -0.2) is 44.9 Å². The normalized spacial score (nSPS) is 18.0. The molecule has 0 aromatic carbocycles. The first-order valence-electron chi connectivity index (χ1n) is 8.20. The molecule has 1 fully saturated rings. The number of hydrogen-bond donors (Lipinski definition) is 2. The number of pyridine rings is 1. The SMILES string of the molecule is Cc1nc(NC(=O)CN2CCCC[C@H]2c2ccccn2)sc1C(=O)O. The maximum absolute atomic E-state index is 12.4. The van der Waals surface area contributed by atoms with Gasteiger partial charge in [-0.05, 0) is 38.4 Å². The summed E-state index contributed by atoms with van der Waals surface area (Å²) in [5.41, 5.74) is 1.39. The number of carbonyl (C=O) groups excluding carboxylic acids is 1. The lowest BCUT2D eigenvalue weighted by Gasteiger charge is -2.34. The van der Waals surface area contributed by atoms with Gasteiger partial charge in [0.05, 0.1) is 24.0 Å². The van der Waals surface area contributed by atoms with E-state index < -0.39 is 5.97 Å². The van der Waals surface area contributed by atoms with E-state index in [-0.39, 0.29) is 23.4 Å². The minimum atomic E-state index is -1.03. The zero-order valence-corrected chi connectivity index (χ0v) is 14.8. The summed E-state index contributed by atoms with van der Waals surface area (Å²) >= 11 is 0.982. The monoisotopic (exact) mass is 360 g/mol. The van der Waals surface area contributed by atoms with Crippen LogP contribution in [0.5, 0.6) is 0 Å². The van der Waals surface area contributed by atoms with Gasteiger partial charge in [-0.25, -0.2) is 9.78 Å². The molecule has 0 radical (unpaired) electrons. The summed E-state index contributed by atoms with van der Waals surface area (Å²) in [6.07, 6.45) is 4.92.